The molecule has 6 heteroatoms. The lowest BCUT2D eigenvalue weighted by Gasteiger charge is -2.32. The first-order valence-electron chi connectivity index (χ1n) is 8.13. The largest absolute Gasteiger partial charge is 0.472 e. The highest BCUT2D eigenvalue weighted by molar-refractivity contribution is 7.99. The Balaban J connectivity index is 1.44. The molecule has 0 aliphatic carbocycles. The minimum Gasteiger partial charge on any atom is -0.472 e. The molecule has 1 amide bonds. The molecule has 0 radical (unpaired) electrons. The SMILES string of the molecule is O=C(CSCc1ccccc1)N1CCC[C@H](Oc2ccncn2)C1. The van der Waals surface area contributed by atoms with E-state index in [1.54, 1.807) is 24.0 Å². The molecule has 1 saturated heterocycles. The minimum atomic E-state index is 0.0109. The maximum Gasteiger partial charge on any atom is 0.232 e. The molecular formula is C18H21N3O2S. The van der Waals surface area contributed by atoms with Crippen LogP contribution in [0.4, 0.5) is 0 Å². The van der Waals surface area contributed by atoms with Crippen molar-refractivity contribution in [1.82, 2.24) is 14.9 Å². The van der Waals surface area contributed by atoms with E-state index in [1.165, 1.54) is 11.9 Å². The molecule has 2 aromatic rings. The molecule has 5 nitrogen and oxygen atoms in total. The van der Waals surface area contributed by atoms with Crippen LogP contribution in [0.15, 0.2) is 48.9 Å². The van der Waals surface area contributed by atoms with Gasteiger partial charge in [0.05, 0.1) is 12.3 Å². The van der Waals surface area contributed by atoms with Gasteiger partial charge in [0.15, 0.2) is 0 Å². The van der Waals surface area contributed by atoms with E-state index in [1.807, 2.05) is 23.1 Å². The van der Waals surface area contributed by atoms with Gasteiger partial charge in [0.2, 0.25) is 11.8 Å². The van der Waals surface area contributed by atoms with Gasteiger partial charge in [-0.15, -0.1) is 11.8 Å². The molecule has 2 heterocycles. The third-order valence-electron chi connectivity index (χ3n) is 3.91. The zero-order chi connectivity index (χ0) is 16.6. The average Bonchev–Trinajstić information content (AvgIpc) is 2.64. The zero-order valence-electron chi connectivity index (χ0n) is 13.5. The Morgan fingerprint density at radius 3 is 2.96 bits per heavy atom. The number of amides is 1. The maximum atomic E-state index is 12.4. The number of hydrogen-bond donors (Lipinski definition) is 0. The van der Waals surface area contributed by atoms with E-state index in [-0.39, 0.29) is 12.0 Å². The van der Waals surface area contributed by atoms with Crippen molar-refractivity contribution in [2.75, 3.05) is 18.8 Å². The molecule has 126 valence electrons. The van der Waals surface area contributed by atoms with Gasteiger partial charge in [-0.2, -0.15) is 0 Å². The third kappa shape index (κ3) is 4.96. The Morgan fingerprint density at radius 2 is 2.17 bits per heavy atom. The fourth-order valence-electron chi connectivity index (χ4n) is 2.70. The van der Waals surface area contributed by atoms with E-state index < -0.39 is 0 Å². The summed E-state index contributed by atoms with van der Waals surface area (Å²) in [5, 5.41) is 0. The number of benzene rings is 1. The fourth-order valence-corrected chi connectivity index (χ4v) is 3.59. The highest BCUT2D eigenvalue weighted by atomic mass is 32.2. The third-order valence-corrected chi connectivity index (χ3v) is 4.90. The topological polar surface area (TPSA) is 55.3 Å². The van der Waals surface area contributed by atoms with E-state index in [0.717, 1.165) is 25.1 Å². The van der Waals surface area contributed by atoms with Crippen LogP contribution in [-0.4, -0.2) is 45.7 Å². The van der Waals surface area contributed by atoms with Gasteiger partial charge in [0.25, 0.3) is 0 Å². The number of ether oxygens (including phenoxy) is 1. The lowest BCUT2D eigenvalue weighted by molar-refractivity contribution is -0.130. The van der Waals surface area contributed by atoms with Crippen LogP contribution >= 0.6 is 11.8 Å². The normalized spacial score (nSPS) is 17.5. The van der Waals surface area contributed by atoms with E-state index in [9.17, 15) is 4.79 Å². The van der Waals surface area contributed by atoms with Gasteiger partial charge in [0, 0.05) is 24.6 Å². The Bertz CT molecular complexity index is 639. The molecule has 1 aromatic heterocycles. The molecule has 3 rings (SSSR count). The Labute approximate surface area is 146 Å². The van der Waals surface area contributed by atoms with Gasteiger partial charge in [-0.1, -0.05) is 30.3 Å². The molecule has 24 heavy (non-hydrogen) atoms. The monoisotopic (exact) mass is 343 g/mol. The summed E-state index contributed by atoms with van der Waals surface area (Å²) in [5.41, 5.74) is 1.25. The number of likely N-dealkylation sites (tertiary alicyclic amines) is 1. The van der Waals surface area contributed by atoms with Crippen LogP contribution in [0.1, 0.15) is 18.4 Å². The van der Waals surface area contributed by atoms with Crippen molar-refractivity contribution in [1.29, 1.82) is 0 Å². The lowest BCUT2D eigenvalue weighted by atomic mass is 10.1. The first-order chi connectivity index (χ1) is 11.8. The Hall–Kier alpha value is -2.08. The molecule has 0 unspecified atom stereocenters. The van der Waals surface area contributed by atoms with Crippen molar-refractivity contribution < 1.29 is 9.53 Å². The van der Waals surface area contributed by atoms with Crippen LogP contribution in [0.3, 0.4) is 0 Å². The van der Waals surface area contributed by atoms with Crippen molar-refractivity contribution in [3.63, 3.8) is 0 Å². The van der Waals surface area contributed by atoms with Crippen LogP contribution in [0.2, 0.25) is 0 Å². The maximum absolute atomic E-state index is 12.4. The predicted molar refractivity (Wildman–Crippen MR) is 94.9 cm³/mol. The number of aromatic nitrogens is 2. The van der Waals surface area contributed by atoms with Crippen molar-refractivity contribution in [3.05, 3.63) is 54.5 Å². The van der Waals surface area contributed by atoms with E-state index in [4.69, 9.17) is 4.74 Å². The number of hydrogen-bond acceptors (Lipinski definition) is 5. The molecule has 0 N–H and O–H groups in total. The summed E-state index contributed by atoms with van der Waals surface area (Å²) in [7, 11) is 0. The van der Waals surface area contributed by atoms with E-state index in [0.29, 0.717) is 18.2 Å². The Kier molecular flexibility index (Phi) is 6.07. The second-order valence-corrected chi connectivity index (χ2v) is 6.73. The van der Waals surface area contributed by atoms with Crippen molar-refractivity contribution in [2.45, 2.75) is 24.7 Å². The van der Waals surface area contributed by atoms with Crippen LogP contribution in [0.5, 0.6) is 5.88 Å². The molecule has 0 spiro atoms. The second-order valence-electron chi connectivity index (χ2n) is 5.75. The molecular weight excluding hydrogens is 322 g/mol. The van der Waals surface area contributed by atoms with Gasteiger partial charge >= 0.3 is 0 Å². The first kappa shape index (κ1) is 16.8. The number of rotatable bonds is 6. The van der Waals surface area contributed by atoms with E-state index in [2.05, 4.69) is 22.1 Å². The van der Waals surface area contributed by atoms with Gasteiger partial charge < -0.3 is 9.64 Å². The minimum absolute atomic E-state index is 0.0109. The number of nitrogens with zero attached hydrogens (tertiary/aromatic N) is 3. The Morgan fingerprint density at radius 1 is 1.29 bits per heavy atom. The summed E-state index contributed by atoms with van der Waals surface area (Å²) in [4.78, 5) is 22.3. The van der Waals surface area contributed by atoms with Crippen molar-refractivity contribution >= 4 is 17.7 Å². The average molecular weight is 343 g/mol. The zero-order valence-corrected chi connectivity index (χ0v) is 14.3. The molecule has 1 aliphatic rings. The van der Waals surface area contributed by atoms with Crippen LogP contribution in [0, 0.1) is 0 Å². The predicted octanol–water partition coefficient (Wildman–Crippen LogP) is 2.78. The summed E-state index contributed by atoms with van der Waals surface area (Å²) in [6.45, 7) is 1.45. The molecule has 0 bridgehead atoms. The van der Waals surface area contributed by atoms with Crippen LogP contribution in [-0.2, 0) is 10.5 Å². The smallest absolute Gasteiger partial charge is 0.232 e. The number of carbonyl (C=O) groups is 1. The highest BCUT2D eigenvalue weighted by Crippen LogP contribution is 2.18. The van der Waals surface area contributed by atoms with Gasteiger partial charge in [-0.3, -0.25) is 4.79 Å². The van der Waals surface area contributed by atoms with Crippen LogP contribution < -0.4 is 4.74 Å². The van der Waals surface area contributed by atoms with Crippen LogP contribution in [0.25, 0.3) is 0 Å². The number of thioether (sulfide) groups is 1. The lowest BCUT2D eigenvalue weighted by Crippen LogP contribution is -2.45. The summed E-state index contributed by atoms with van der Waals surface area (Å²) in [6.07, 6.45) is 5.06. The van der Waals surface area contributed by atoms with Crippen molar-refractivity contribution in [3.8, 4) is 5.88 Å². The van der Waals surface area contributed by atoms with E-state index >= 15 is 0 Å². The number of carbonyl (C=O) groups excluding carboxylic acids is 1. The molecule has 1 fully saturated rings. The molecule has 1 aromatic carbocycles. The van der Waals surface area contributed by atoms with Gasteiger partial charge in [-0.25, -0.2) is 9.97 Å². The molecule has 0 saturated carbocycles. The number of piperidine rings is 1. The van der Waals surface area contributed by atoms with Gasteiger partial charge in [-0.05, 0) is 18.4 Å². The summed E-state index contributed by atoms with van der Waals surface area (Å²) in [5.74, 6) is 2.13. The summed E-state index contributed by atoms with van der Waals surface area (Å²) in [6, 6.07) is 12.0. The standard InChI is InChI=1S/C18H21N3O2S/c22-18(13-24-12-15-5-2-1-3-6-15)21-10-4-7-16(11-21)23-17-8-9-19-14-20-17/h1-3,5-6,8-9,14,16H,4,7,10-13H2/t16-/m0/s1. The molecule has 1 aliphatic heterocycles. The second kappa shape index (κ2) is 8.68. The van der Waals surface area contributed by atoms with Gasteiger partial charge in [0.1, 0.15) is 12.4 Å². The highest BCUT2D eigenvalue weighted by Gasteiger charge is 2.24. The fraction of sp³-hybridized carbons (Fsp3) is 0.389. The molecule has 1 atom stereocenters. The quantitative estimate of drug-likeness (QED) is 0.807. The summed E-state index contributed by atoms with van der Waals surface area (Å²) >= 11 is 1.66. The van der Waals surface area contributed by atoms with Crippen molar-refractivity contribution in [2.24, 2.45) is 0 Å². The first-order valence-corrected chi connectivity index (χ1v) is 9.29. The summed E-state index contributed by atoms with van der Waals surface area (Å²) < 4.78 is 5.86.